The summed E-state index contributed by atoms with van der Waals surface area (Å²) in [7, 11) is 3.69. The van der Waals surface area contributed by atoms with Crippen molar-refractivity contribution in [3.8, 4) is 10.4 Å². The molecule has 1 aromatic carbocycles. The lowest BCUT2D eigenvalue weighted by Crippen LogP contribution is -2.23. The predicted octanol–water partition coefficient (Wildman–Crippen LogP) is 4.31. The van der Waals surface area contributed by atoms with Crippen molar-refractivity contribution in [1.82, 2.24) is 24.5 Å². The molecule has 0 aliphatic rings. The molecule has 2 N–H and O–H groups in total. The van der Waals surface area contributed by atoms with Crippen LogP contribution in [0.1, 0.15) is 23.6 Å². The number of anilines is 2. The van der Waals surface area contributed by atoms with Gasteiger partial charge in [-0.25, -0.2) is 4.98 Å². The molecule has 4 aromatic rings. The molecule has 33 heavy (non-hydrogen) atoms. The summed E-state index contributed by atoms with van der Waals surface area (Å²) in [5.41, 5.74) is 7.85. The Bertz CT molecular complexity index is 1380. The number of aryl methyl sites for hydroxylation is 1. The third kappa shape index (κ3) is 4.49. The molecule has 0 spiro atoms. The van der Waals surface area contributed by atoms with E-state index in [1.165, 1.54) is 23.1 Å². The Morgan fingerprint density at radius 3 is 2.61 bits per heavy atom. The molecular formula is C23H25N7OS2. The highest BCUT2D eigenvalue weighted by molar-refractivity contribution is 7.99. The minimum absolute atomic E-state index is 0.0744. The van der Waals surface area contributed by atoms with Crippen LogP contribution in [0, 0.1) is 6.92 Å². The second-order valence-electron chi connectivity index (χ2n) is 7.71. The lowest BCUT2D eigenvalue weighted by molar-refractivity contribution is 0.670. The molecule has 4 rings (SSSR count). The van der Waals surface area contributed by atoms with E-state index in [4.69, 9.17) is 10.7 Å². The lowest BCUT2D eigenvalue weighted by Gasteiger charge is -2.16. The molecule has 0 saturated carbocycles. The quantitative estimate of drug-likeness (QED) is 0.238. The fraction of sp³-hybridized carbons (Fsp3) is 0.261. The standard InChI is InChI=1S/C23H25N7OS2/c1-6-12-30-20(31)16-13(2)17(15-10-8-7-9-11-15)33-19(16)27-23(30)32-14(3)18-25-21(24)28-22(26-18)29(4)5/h6-11,14H,1,12H2,2-5H3,(H2,24,25,26,28). The second-order valence-corrected chi connectivity index (χ2v) is 10.0. The smallest absolute Gasteiger partial charge is 0.263 e. The van der Waals surface area contributed by atoms with Crippen molar-refractivity contribution in [3.63, 3.8) is 0 Å². The number of hydrogen-bond acceptors (Lipinski definition) is 9. The summed E-state index contributed by atoms with van der Waals surface area (Å²) in [5.74, 6) is 1.17. The van der Waals surface area contributed by atoms with Crippen molar-refractivity contribution in [2.45, 2.75) is 30.8 Å². The van der Waals surface area contributed by atoms with Gasteiger partial charge in [-0.2, -0.15) is 15.0 Å². The molecule has 0 bridgehead atoms. The highest BCUT2D eigenvalue weighted by Crippen LogP contribution is 2.38. The molecule has 0 amide bonds. The third-order valence-corrected chi connectivity index (χ3v) is 7.39. The van der Waals surface area contributed by atoms with Crippen molar-refractivity contribution < 1.29 is 0 Å². The van der Waals surface area contributed by atoms with Gasteiger partial charge in [0.05, 0.1) is 10.6 Å². The van der Waals surface area contributed by atoms with Crippen LogP contribution in [0.3, 0.4) is 0 Å². The van der Waals surface area contributed by atoms with E-state index in [-0.39, 0.29) is 16.8 Å². The Morgan fingerprint density at radius 1 is 1.21 bits per heavy atom. The zero-order chi connectivity index (χ0) is 23.7. The van der Waals surface area contributed by atoms with Crippen LogP contribution in [0.2, 0.25) is 0 Å². The number of nitrogens with two attached hydrogens (primary N) is 1. The van der Waals surface area contributed by atoms with E-state index >= 15 is 0 Å². The SMILES string of the molecule is C=CCn1c(SC(C)c2nc(N)nc(N(C)C)n2)nc2sc(-c3ccccc3)c(C)c2c1=O. The first-order valence-corrected chi connectivity index (χ1v) is 12.1. The summed E-state index contributed by atoms with van der Waals surface area (Å²) in [4.78, 5) is 34.9. The van der Waals surface area contributed by atoms with Gasteiger partial charge in [0.2, 0.25) is 11.9 Å². The molecule has 10 heteroatoms. The van der Waals surface area contributed by atoms with E-state index < -0.39 is 0 Å². The molecule has 0 aliphatic heterocycles. The average molecular weight is 480 g/mol. The minimum Gasteiger partial charge on any atom is -0.368 e. The van der Waals surface area contributed by atoms with Gasteiger partial charge >= 0.3 is 0 Å². The molecule has 0 aliphatic carbocycles. The Kier molecular flexibility index (Phi) is 6.48. The highest BCUT2D eigenvalue weighted by atomic mass is 32.2. The first-order valence-electron chi connectivity index (χ1n) is 10.4. The van der Waals surface area contributed by atoms with Gasteiger partial charge in [-0.15, -0.1) is 17.9 Å². The molecule has 0 saturated heterocycles. The highest BCUT2D eigenvalue weighted by Gasteiger charge is 2.22. The number of thioether (sulfide) groups is 1. The van der Waals surface area contributed by atoms with Crippen molar-refractivity contribution in [2.24, 2.45) is 0 Å². The van der Waals surface area contributed by atoms with Gasteiger partial charge < -0.3 is 10.6 Å². The van der Waals surface area contributed by atoms with E-state index in [1.54, 1.807) is 15.5 Å². The third-order valence-electron chi connectivity index (χ3n) is 5.07. The Hall–Kier alpha value is -3.24. The van der Waals surface area contributed by atoms with Crippen LogP contribution in [0.5, 0.6) is 0 Å². The van der Waals surface area contributed by atoms with E-state index in [9.17, 15) is 4.79 Å². The summed E-state index contributed by atoms with van der Waals surface area (Å²) >= 11 is 2.95. The molecule has 8 nitrogen and oxygen atoms in total. The molecule has 3 heterocycles. The van der Waals surface area contributed by atoms with Crippen LogP contribution in [-0.2, 0) is 6.54 Å². The van der Waals surface area contributed by atoms with Crippen LogP contribution in [-0.4, -0.2) is 38.6 Å². The molecule has 0 radical (unpaired) electrons. The number of aromatic nitrogens is 5. The number of hydrogen-bond donors (Lipinski definition) is 1. The van der Waals surface area contributed by atoms with E-state index in [0.717, 1.165) is 20.8 Å². The van der Waals surface area contributed by atoms with Crippen molar-refractivity contribution in [2.75, 3.05) is 24.7 Å². The zero-order valence-corrected chi connectivity index (χ0v) is 20.6. The summed E-state index contributed by atoms with van der Waals surface area (Å²) in [5, 5.41) is 1.03. The van der Waals surface area contributed by atoms with Crippen molar-refractivity contribution >= 4 is 45.2 Å². The number of rotatable bonds is 7. The average Bonchev–Trinajstić information content (AvgIpc) is 3.12. The van der Waals surface area contributed by atoms with Gasteiger partial charge in [0.15, 0.2) is 5.16 Å². The van der Waals surface area contributed by atoms with Gasteiger partial charge in [-0.1, -0.05) is 48.2 Å². The predicted molar refractivity (Wildman–Crippen MR) is 137 cm³/mol. The number of fused-ring (bicyclic) bond motifs is 1. The second kappa shape index (κ2) is 9.32. The van der Waals surface area contributed by atoms with Gasteiger partial charge in [0, 0.05) is 25.5 Å². The molecule has 0 fully saturated rings. The summed E-state index contributed by atoms with van der Waals surface area (Å²) in [6.07, 6.45) is 1.70. The Balaban J connectivity index is 1.81. The maximum Gasteiger partial charge on any atom is 0.263 e. The number of allylic oxidation sites excluding steroid dienone is 1. The van der Waals surface area contributed by atoms with Crippen molar-refractivity contribution in [3.05, 3.63) is 64.7 Å². The minimum atomic E-state index is -0.205. The summed E-state index contributed by atoms with van der Waals surface area (Å²) < 4.78 is 1.66. The Labute approximate surface area is 200 Å². The van der Waals surface area contributed by atoms with Gasteiger partial charge in [0.1, 0.15) is 10.7 Å². The molecule has 3 aromatic heterocycles. The van der Waals surface area contributed by atoms with Gasteiger partial charge in [-0.05, 0) is 25.0 Å². The first-order chi connectivity index (χ1) is 15.8. The topological polar surface area (TPSA) is 103 Å². The number of nitrogens with zero attached hydrogens (tertiary/aromatic N) is 6. The number of thiophene rings is 1. The largest absolute Gasteiger partial charge is 0.368 e. The normalized spacial score (nSPS) is 12.1. The monoisotopic (exact) mass is 479 g/mol. The molecule has 1 atom stereocenters. The number of nitrogen functional groups attached to an aromatic ring is 1. The van der Waals surface area contributed by atoms with Crippen LogP contribution in [0.4, 0.5) is 11.9 Å². The maximum absolute atomic E-state index is 13.5. The maximum atomic E-state index is 13.5. The fourth-order valence-electron chi connectivity index (χ4n) is 3.43. The van der Waals surface area contributed by atoms with Gasteiger partial charge in [-0.3, -0.25) is 9.36 Å². The van der Waals surface area contributed by atoms with Crippen LogP contribution >= 0.6 is 23.1 Å². The lowest BCUT2D eigenvalue weighted by atomic mass is 10.1. The summed E-state index contributed by atoms with van der Waals surface area (Å²) in [6.45, 7) is 8.12. The zero-order valence-electron chi connectivity index (χ0n) is 18.9. The van der Waals surface area contributed by atoms with E-state index in [2.05, 4.69) is 21.5 Å². The van der Waals surface area contributed by atoms with E-state index in [1.807, 2.05) is 58.3 Å². The fourth-order valence-corrected chi connectivity index (χ4v) is 5.62. The summed E-state index contributed by atoms with van der Waals surface area (Å²) in [6, 6.07) is 10.1. The number of benzene rings is 1. The van der Waals surface area contributed by atoms with Crippen molar-refractivity contribution in [1.29, 1.82) is 0 Å². The van der Waals surface area contributed by atoms with E-state index in [0.29, 0.717) is 28.9 Å². The molecule has 1 unspecified atom stereocenters. The Morgan fingerprint density at radius 2 is 1.94 bits per heavy atom. The van der Waals surface area contributed by atoms with Crippen LogP contribution < -0.4 is 16.2 Å². The van der Waals surface area contributed by atoms with Crippen LogP contribution in [0.15, 0.2) is 52.9 Å². The van der Waals surface area contributed by atoms with Gasteiger partial charge in [0.25, 0.3) is 5.56 Å². The molecular weight excluding hydrogens is 454 g/mol. The van der Waals surface area contributed by atoms with Crippen LogP contribution in [0.25, 0.3) is 20.7 Å². The molecule has 170 valence electrons. The first kappa shape index (κ1) is 22.9.